The summed E-state index contributed by atoms with van der Waals surface area (Å²) in [5.41, 5.74) is -0.480. The first-order valence-corrected chi connectivity index (χ1v) is 40.5. The predicted octanol–water partition coefficient (Wildman–Crippen LogP) is 16.3. The fraction of sp³-hybridized carbons (Fsp3) is 0.895. The van der Waals surface area contributed by atoms with E-state index in [9.17, 15) is 33.6 Å². The minimum Gasteiger partial charge on any atom is -0.369 e. The molecule has 0 aromatic rings. The van der Waals surface area contributed by atoms with Gasteiger partial charge < -0.3 is 70.4 Å². The molecule has 9 unspecified atom stereocenters. The molecule has 9 atom stereocenters. The van der Waals surface area contributed by atoms with Gasteiger partial charge in [0, 0.05) is 91.4 Å². The lowest BCUT2D eigenvalue weighted by Crippen LogP contribution is -2.50. The summed E-state index contributed by atoms with van der Waals surface area (Å²) in [6, 6.07) is 0. The van der Waals surface area contributed by atoms with Gasteiger partial charge >= 0.3 is 0 Å². The van der Waals surface area contributed by atoms with Crippen molar-refractivity contribution in [3.63, 3.8) is 0 Å². The zero-order chi connectivity index (χ0) is 84.7. The van der Waals surface area contributed by atoms with Gasteiger partial charge in [0.2, 0.25) is 41.4 Å². The van der Waals surface area contributed by atoms with Crippen molar-refractivity contribution in [3.8, 4) is 0 Å². The van der Waals surface area contributed by atoms with Crippen LogP contribution in [0.5, 0.6) is 0 Å². The van der Waals surface area contributed by atoms with Crippen LogP contribution in [0, 0.1) is 40.4 Å². The number of nitrogens with one attached hydrogen (secondary N) is 7. The highest BCUT2D eigenvalue weighted by Gasteiger charge is 2.39. The first-order chi connectivity index (χ1) is 48.3. The maximum atomic E-state index is 12.0. The quantitative estimate of drug-likeness (QED) is 0.0318. The number of hydrogen-bond acceptors (Lipinski definition) is 14. The van der Waals surface area contributed by atoms with Crippen molar-refractivity contribution in [2.24, 2.45) is 40.4 Å². The van der Waals surface area contributed by atoms with Crippen LogP contribution in [0.1, 0.15) is 334 Å². The van der Waals surface area contributed by atoms with E-state index in [1.165, 1.54) is 38.5 Å². The highest BCUT2D eigenvalue weighted by atomic mass is 16.5. The second-order valence-corrected chi connectivity index (χ2v) is 39.1. The molecule has 0 aromatic carbocycles. The van der Waals surface area contributed by atoms with Crippen molar-refractivity contribution in [3.05, 3.63) is 12.2 Å². The Kier molecular flexibility index (Phi) is 52.4. The van der Waals surface area contributed by atoms with Crippen LogP contribution in [0.2, 0.25) is 0 Å². The molecule has 107 heavy (non-hydrogen) atoms. The Morgan fingerprint density at radius 2 is 0.626 bits per heavy atom. The number of ether oxygens (including phenoxy) is 7. The summed E-state index contributed by atoms with van der Waals surface area (Å²) in [7, 11) is 0. The normalized spacial score (nSPS) is 17.4. The Balaban J connectivity index is -0.000000579. The summed E-state index contributed by atoms with van der Waals surface area (Å²) in [4.78, 5) is 83.4. The number of hydrogen-bond donors (Lipinski definition) is 7. The molecule has 0 heterocycles. The molecule has 634 valence electrons. The summed E-state index contributed by atoms with van der Waals surface area (Å²) in [6.45, 7) is 83.3. The maximum absolute atomic E-state index is 12.0. The zero-order valence-corrected chi connectivity index (χ0v) is 76.1. The molecule has 7 amide bonds. The van der Waals surface area contributed by atoms with E-state index in [1.807, 2.05) is 235 Å². The van der Waals surface area contributed by atoms with Crippen molar-refractivity contribution >= 4 is 41.4 Å². The van der Waals surface area contributed by atoms with Crippen LogP contribution < -0.4 is 37.2 Å². The van der Waals surface area contributed by atoms with Crippen LogP contribution in [0.4, 0.5) is 0 Å². The van der Waals surface area contributed by atoms with E-state index in [2.05, 4.69) is 71.5 Å². The van der Waals surface area contributed by atoms with Crippen molar-refractivity contribution in [2.45, 2.75) is 415 Å². The lowest BCUT2D eigenvalue weighted by atomic mass is 9.81. The van der Waals surface area contributed by atoms with E-state index in [0.29, 0.717) is 70.4 Å². The number of carbonyl (C=O) groups is 7. The van der Waals surface area contributed by atoms with Gasteiger partial charge in [0.15, 0.2) is 0 Å². The summed E-state index contributed by atoms with van der Waals surface area (Å²) in [6.07, 6.45) is 9.29. The van der Waals surface area contributed by atoms with Gasteiger partial charge in [-0.3, -0.25) is 33.6 Å². The largest absolute Gasteiger partial charge is 0.369 e. The average molecular weight is 1530 g/mol. The van der Waals surface area contributed by atoms with E-state index in [-0.39, 0.29) is 133 Å². The molecule has 21 heteroatoms. The lowest BCUT2D eigenvalue weighted by molar-refractivity contribution is -0.141. The molecule has 21 nitrogen and oxygen atoms in total. The topological polar surface area (TPSA) is 268 Å². The number of rotatable bonds is 31. The lowest BCUT2D eigenvalue weighted by Gasteiger charge is -2.32. The van der Waals surface area contributed by atoms with E-state index in [4.69, 9.17) is 33.2 Å². The molecule has 0 aliphatic heterocycles. The van der Waals surface area contributed by atoms with E-state index in [0.717, 1.165) is 37.2 Å². The molecule has 0 radical (unpaired) electrons. The van der Waals surface area contributed by atoms with E-state index in [1.54, 1.807) is 0 Å². The molecule has 0 spiro atoms. The van der Waals surface area contributed by atoms with Crippen molar-refractivity contribution in [1.29, 1.82) is 0 Å². The first kappa shape index (κ1) is 109. The second-order valence-electron chi connectivity index (χ2n) is 39.1. The summed E-state index contributed by atoms with van der Waals surface area (Å²) in [5.74, 6) is 3.06. The third-order valence-corrected chi connectivity index (χ3v) is 15.5. The van der Waals surface area contributed by atoms with Crippen LogP contribution in [0.15, 0.2) is 12.2 Å². The molecule has 0 aromatic heterocycles. The minimum atomic E-state index is -0.410. The average Bonchev–Trinajstić information content (AvgIpc) is 1.72. The van der Waals surface area contributed by atoms with Gasteiger partial charge in [-0.25, -0.2) is 0 Å². The molecule has 7 N–H and O–H groups in total. The number of amides is 7. The summed E-state index contributed by atoms with van der Waals surface area (Å²) in [5, 5.41) is 20.7. The van der Waals surface area contributed by atoms with Gasteiger partial charge in [0.1, 0.15) is 42.7 Å². The van der Waals surface area contributed by atoms with Gasteiger partial charge in [0.25, 0.3) is 0 Å². The van der Waals surface area contributed by atoms with Crippen LogP contribution >= 0.6 is 0 Å². The molecular formula is C86H171N7O14. The zero-order valence-electron chi connectivity index (χ0n) is 76.1. The third-order valence-electron chi connectivity index (χ3n) is 15.5. The van der Waals surface area contributed by atoms with Crippen molar-refractivity contribution < 1.29 is 66.7 Å². The van der Waals surface area contributed by atoms with Gasteiger partial charge in [-0.05, 0) is 273 Å². The Bertz CT molecular complexity index is 2450. The van der Waals surface area contributed by atoms with Crippen LogP contribution in [-0.4, -0.2) is 169 Å². The Morgan fingerprint density at radius 1 is 0.364 bits per heavy atom. The second kappa shape index (κ2) is 51.4. The first-order valence-electron chi connectivity index (χ1n) is 40.5. The van der Waals surface area contributed by atoms with E-state index >= 15 is 0 Å². The van der Waals surface area contributed by atoms with Gasteiger partial charge in [-0.2, -0.15) is 0 Å². The molecule has 3 rings (SSSR count). The van der Waals surface area contributed by atoms with Crippen molar-refractivity contribution in [1.82, 2.24) is 37.2 Å². The van der Waals surface area contributed by atoms with Gasteiger partial charge in [-0.1, -0.05) is 100.0 Å². The molecular weight excluding hydrogens is 1350 g/mol. The fourth-order valence-corrected chi connectivity index (χ4v) is 10.5. The predicted molar refractivity (Wildman–Crippen MR) is 442 cm³/mol. The standard InChI is InChI=1S/2C13H25NO2.C13H27NO2.C12H23NO2.C12H25NO2.C12H23NO2.C11H23NO2/c1-6-16-11(8-10-7-9(10)2)12(15)14-13(3,4)5;1-5-16-11(9-10-7-6-8-10)12(15)14-13(2,3)4;1-8-16-10(9-12(2,3)4)11(15)14-13(5,6)7;1-5-15-10(8-9-6-7-9)11(14)13-12(2,3)4;1-8-15-9(11(2,3)4)10(14)13-12(5,6)7;1-7-15-10(8-9(2)3)11(14)13-12(4,5)6;1-7-14-9(8(2)3)10(13)12-11(4,5)6/h9-11H,6-8H2,1-5H3,(H,14,15);10-11H,5-9H2,1-4H3,(H,14,15);10H,8-9H2,1-7H3,(H,14,15);9-10H,5-8H2,1-4H3,(H,13,14);9H,8H2,1-7H3,(H,13,14);10H,2,7-8H2,1,3-6H3,(H,13,14);8-9H,7H2,1-6H3,(H,12,13). The molecule has 0 saturated heterocycles. The Hall–Kier alpha value is -4.25. The van der Waals surface area contributed by atoms with Crippen molar-refractivity contribution in [2.75, 3.05) is 46.2 Å². The monoisotopic (exact) mass is 1530 g/mol. The highest BCUT2D eigenvalue weighted by Crippen LogP contribution is 2.42. The molecule has 3 aliphatic carbocycles. The van der Waals surface area contributed by atoms with Gasteiger partial charge in [-0.15, -0.1) is 6.58 Å². The number of carbonyl (C=O) groups excluding carboxylic acids is 7. The molecule has 3 aliphatic rings. The summed E-state index contributed by atoms with van der Waals surface area (Å²) >= 11 is 0. The smallest absolute Gasteiger partial charge is 0.250 e. The minimum absolute atomic E-state index is 0.00993. The molecule has 3 fully saturated rings. The maximum Gasteiger partial charge on any atom is 0.250 e. The Labute approximate surface area is 656 Å². The van der Waals surface area contributed by atoms with E-state index < -0.39 is 6.10 Å². The molecule has 0 bridgehead atoms. The SMILES string of the molecule is C=C(C)CC(OCC)C(=O)NC(C)(C)C.CCOC(C(=O)NC(C)(C)C)C(C)(C)C.CCOC(C(=O)NC(C)(C)C)C(C)C.CCOC(CC(C)(C)C)C(=O)NC(C)(C)C.CCOC(CC1CC1)C(=O)NC(C)(C)C.CCOC(CC1CC1C)C(=O)NC(C)(C)C.CCOC(CC1CCC1)C(=O)NC(C)(C)C. The Morgan fingerprint density at radius 3 is 0.869 bits per heavy atom. The third kappa shape index (κ3) is 64.0. The fourth-order valence-electron chi connectivity index (χ4n) is 10.5. The molecule has 3 saturated carbocycles. The van der Waals surface area contributed by atoms with Gasteiger partial charge in [0.05, 0.1) is 0 Å². The highest BCUT2D eigenvalue weighted by molar-refractivity contribution is 5.84. The van der Waals surface area contributed by atoms with Crippen LogP contribution in [-0.2, 0) is 66.7 Å². The summed E-state index contributed by atoms with van der Waals surface area (Å²) < 4.78 is 38.4. The van der Waals surface area contributed by atoms with Crippen LogP contribution in [0.3, 0.4) is 0 Å². The van der Waals surface area contributed by atoms with Crippen LogP contribution in [0.25, 0.3) is 0 Å².